The van der Waals surface area contributed by atoms with Gasteiger partial charge in [0, 0.05) is 13.1 Å². The lowest BCUT2D eigenvalue weighted by atomic mass is 9.83. The normalized spacial score (nSPS) is 16.7. The van der Waals surface area contributed by atoms with E-state index in [1.807, 2.05) is 0 Å². The quantitative estimate of drug-likeness (QED) is 0.656. The SMILES string of the molecule is C#C[C@H](C1CCCCC1)N(Cc1ccccc1)Cc1ccccc1. The molecule has 2 aromatic carbocycles. The van der Waals surface area contributed by atoms with Crippen molar-refractivity contribution < 1.29 is 0 Å². The van der Waals surface area contributed by atoms with Crippen LogP contribution in [0.1, 0.15) is 43.2 Å². The van der Waals surface area contributed by atoms with Crippen LogP contribution in [0.5, 0.6) is 0 Å². The summed E-state index contributed by atoms with van der Waals surface area (Å²) >= 11 is 0. The zero-order valence-corrected chi connectivity index (χ0v) is 14.4. The van der Waals surface area contributed by atoms with E-state index >= 15 is 0 Å². The minimum atomic E-state index is 0.228. The second-order valence-electron chi connectivity index (χ2n) is 6.89. The Balaban J connectivity index is 1.80. The van der Waals surface area contributed by atoms with Crippen molar-refractivity contribution in [2.45, 2.75) is 51.2 Å². The lowest BCUT2D eigenvalue weighted by Gasteiger charge is -2.36. The van der Waals surface area contributed by atoms with Crippen LogP contribution in [-0.2, 0) is 13.1 Å². The molecule has 0 unspecified atom stereocenters. The van der Waals surface area contributed by atoms with Gasteiger partial charge >= 0.3 is 0 Å². The molecule has 0 bridgehead atoms. The van der Waals surface area contributed by atoms with E-state index in [1.165, 1.54) is 43.2 Å². The van der Waals surface area contributed by atoms with Crippen LogP contribution >= 0.6 is 0 Å². The highest BCUT2D eigenvalue weighted by molar-refractivity contribution is 5.19. The average Bonchev–Trinajstić information content (AvgIpc) is 2.65. The topological polar surface area (TPSA) is 3.24 Å². The van der Waals surface area contributed by atoms with Crippen molar-refractivity contribution in [3.63, 3.8) is 0 Å². The van der Waals surface area contributed by atoms with E-state index in [0.717, 1.165) is 13.1 Å². The van der Waals surface area contributed by atoms with Gasteiger partial charge in [-0.05, 0) is 29.9 Å². The van der Waals surface area contributed by atoms with Gasteiger partial charge in [-0.3, -0.25) is 4.90 Å². The van der Waals surface area contributed by atoms with Gasteiger partial charge in [-0.25, -0.2) is 0 Å². The monoisotopic (exact) mass is 317 g/mol. The summed E-state index contributed by atoms with van der Waals surface area (Å²) in [6.07, 6.45) is 12.6. The van der Waals surface area contributed by atoms with Crippen molar-refractivity contribution in [1.82, 2.24) is 4.90 Å². The van der Waals surface area contributed by atoms with E-state index < -0.39 is 0 Å². The van der Waals surface area contributed by atoms with Crippen LogP contribution in [-0.4, -0.2) is 10.9 Å². The fraction of sp³-hybridized carbons (Fsp3) is 0.391. The fourth-order valence-corrected chi connectivity index (χ4v) is 3.88. The third-order valence-electron chi connectivity index (χ3n) is 5.12. The third kappa shape index (κ3) is 4.49. The number of benzene rings is 2. The Kier molecular flexibility index (Phi) is 6.10. The molecule has 0 amide bonds. The first-order valence-corrected chi connectivity index (χ1v) is 9.15. The van der Waals surface area contributed by atoms with E-state index in [2.05, 4.69) is 71.5 Å². The molecule has 1 aliphatic rings. The molecule has 1 atom stereocenters. The maximum atomic E-state index is 6.02. The second kappa shape index (κ2) is 8.71. The minimum absolute atomic E-state index is 0.228. The molecule has 2 aromatic rings. The molecule has 0 heterocycles. The fourth-order valence-electron chi connectivity index (χ4n) is 3.88. The van der Waals surface area contributed by atoms with Gasteiger partial charge in [0.1, 0.15) is 0 Å². The summed E-state index contributed by atoms with van der Waals surface area (Å²) in [5.74, 6) is 3.77. The Morgan fingerprint density at radius 1 is 0.833 bits per heavy atom. The first-order valence-electron chi connectivity index (χ1n) is 9.15. The second-order valence-corrected chi connectivity index (χ2v) is 6.89. The molecule has 1 fully saturated rings. The van der Waals surface area contributed by atoms with Gasteiger partial charge in [-0.15, -0.1) is 6.42 Å². The van der Waals surface area contributed by atoms with Crippen molar-refractivity contribution in [2.75, 3.05) is 0 Å². The van der Waals surface area contributed by atoms with Crippen molar-refractivity contribution in [2.24, 2.45) is 5.92 Å². The van der Waals surface area contributed by atoms with Gasteiger partial charge in [0.05, 0.1) is 6.04 Å². The van der Waals surface area contributed by atoms with Gasteiger partial charge in [0.25, 0.3) is 0 Å². The molecule has 1 saturated carbocycles. The van der Waals surface area contributed by atoms with Gasteiger partial charge in [0.2, 0.25) is 0 Å². The molecule has 1 nitrogen and oxygen atoms in total. The predicted molar refractivity (Wildman–Crippen MR) is 101 cm³/mol. The summed E-state index contributed by atoms with van der Waals surface area (Å²) in [4.78, 5) is 2.50. The molecular formula is C23H27N. The van der Waals surface area contributed by atoms with Gasteiger partial charge < -0.3 is 0 Å². The summed E-state index contributed by atoms with van der Waals surface area (Å²) in [5.41, 5.74) is 2.67. The van der Waals surface area contributed by atoms with Crippen LogP contribution in [0.2, 0.25) is 0 Å². The zero-order valence-electron chi connectivity index (χ0n) is 14.4. The third-order valence-corrected chi connectivity index (χ3v) is 5.12. The van der Waals surface area contributed by atoms with Crippen LogP contribution in [0, 0.1) is 18.3 Å². The lowest BCUT2D eigenvalue weighted by Crippen LogP contribution is -2.39. The highest BCUT2D eigenvalue weighted by Gasteiger charge is 2.27. The molecular weight excluding hydrogens is 290 g/mol. The Morgan fingerprint density at radius 2 is 1.33 bits per heavy atom. The molecule has 0 aliphatic heterocycles. The molecule has 1 aliphatic carbocycles. The molecule has 0 radical (unpaired) electrons. The van der Waals surface area contributed by atoms with Gasteiger partial charge in [0.15, 0.2) is 0 Å². The van der Waals surface area contributed by atoms with Crippen LogP contribution < -0.4 is 0 Å². The van der Waals surface area contributed by atoms with E-state index in [4.69, 9.17) is 6.42 Å². The number of terminal acetylenes is 1. The average molecular weight is 317 g/mol. The molecule has 0 spiro atoms. The highest BCUT2D eigenvalue weighted by Crippen LogP contribution is 2.30. The number of nitrogens with zero attached hydrogens (tertiary/aromatic N) is 1. The van der Waals surface area contributed by atoms with Gasteiger partial charge in [-0.1, -0.05) is 85.8 Å². The molecule has 124 valence electrons. The smallest absolute Gasteiger partial charge is 0.0746 e. The maximum absolute atomic E-state index is 6.02. The Bertz CT molecular complexity index is 593. The predicted octanol–water partition coefficient (Wildman–Crippen LogP) is 5.27. The van der Waals surface area contributed by atoms with E-state index in [9.17, 15) is 0 Å². The van der Waals surface area contributed by atoms with Gasteiger partial charge in [-0.2, -0.15) is 0 Å². The van der Waals surface area contributed by atoms with Crippen LogP contribution in [0.3, 0.4) is 0 Å². The number of hydrogen-bond acceptors (Lipinski definition) is 1. The van der Waals surface area contributed by atoms with E-state index in [1.54, 1.807) is 0 Å². The maximum Gasteiger partial charge on any atom is 0.0746 e. The molecule has 3 rings (SSSR count). The Labute approximate surface area is 146 Å². The summed E-state index contributed by atoms with van der Waals surface area (Å²) in [7, 11) is 0. The van der Waals surface area contributed by atoms with Crippen molar-refractivity contribution in [3.8, 4) is 12.3 Å². The highest BCUT2D eigenvalue weighted by atomic mass is 15.2. The van der Waals surface area contributed by atoms with Crippen LogP contribution in [0.15, 0.2) is 60.7 Å². The summed E-state index contributed by atoms with van der Waals surface area (Å²) in [5, 5.41) is 0. The first kappa shape index (κ1) is 16.8. The van der Waals surface area contributed by atoms with E-state index in [0.29, 0.717) is 5.92 Å². The molecule has 0 aromatic heterocycles. The minimum Gasteiger partial charge on any atom is -0.281 e. The van der Waals surface area contributed by atoms with E-state index in [-0.39, 0.29) is 6.04 Å². The molecule has 1 heteroatoms. The first-order chi connectivity index (χ1) is 11.9. The Hall–Kier alpha value is -2.04. The molecule has 0 saturated heterocycles. The summed E-state index contributed by atoms with van der Waals surface area (Å²) in [6.45, 7) is 1.84. The van der Waals surface area contributed by atoms with Crippen molar-refractivity contribution in [1.29, 1.82) is 0 Å². The van der Waals surface area contributed by atoms with Crippen LogP contribution in [0.4, 0.5) is 0 Å². The molecule has 24 heavy (non-hydrogen) atoms. The molecule has 0 N–H and O–H groups in total. The summed E-state index contributed by atoms with van der Waals surface area (Å²) in [6, 6.07) is 21.6. The number of rotatable bonds is 6. The lowest BCUT2D eigenvalue weighted by molar-refractivity contribution is 0.141. The summed E-state index contributed by atoms with van der Waals surface area (Å²) < 4.78 is 0. The van der Waals surface area contributed by atoms with Crippen LogP contribution in [0.25, 0.3) is 0 Å². The number of hydrogen-bond donors (Lipinski definition) is 0. The largest absolute Gasteiger partial charge is 0.281 e. The Morgan fingerprint density at radius 3 is 1.79 bits per heavy atom. The zero-order chi connectivity index (χ0) is 16.6. The van der Waals surface area contributed by atoms with Crippen molar-refractivity contribution in [3.05, 3.63) is 71.8 Å². The van der Waals surface area contributed by atoms with Crippen molar-refractivity contribution >= 4 is 0 Å². The standard InChI is InChI=1S/C23H27N/c1-2-23(22-16-10-5-11-17-22)24(18-20-12-6-3-7-13-20)19-21-14-8-4-9-15-21/h1,3-4,6-9,12-15,22-23H,5,10-11,16-19H2/t23-/m1/s1.